The first kappa shape index (κ1) is 13.4. The number of carbonyl (C=O) groups is 3. The van der Waals surface area contributed by atoms with E-state index in [1.807, 2.05) is 0 Å². The quantitative estimate of drug-likeness (QED) is 0.408. The van der Waals surface area contributed by atoms with Gasteiger partial charge in [-0.15, -0.1) is 0 Å². The van der Waals surface area contributed by atoms with Crippen LogP contribution in [-0.4, -0.2) is 35.8 Å². The van der Waals surface area contributed by atoms with Crippen LogP contribution in [0, 0.1) is 0 Å². The number of ether oxygens (including phenoxy) is 1. The van der Waals surface area contributed by atoms with Crippen LogP contribution in [-0.2, 0) is 19.1 Å². The summed E-state index contributed by atoms with van der Waals surface area (Å²) in [5.41, 5.74) is 0. The van der Waals surface area contributed by atoms with Crippen molar-refractivity contribution >= 4 is 17.8 Å². The van der Waals surface area contributed by atoms with Crippen molar-refractivity contribution in [2.75, 3.05) is 13.2 Å². The van der Waals surface area contributed by atoms with Gasteiger partial charge in [0.2, 0.25) is 11.8 Å². The number of rotatable bonds is 5. The van der Waals surface area contributed by atoms with E-state index in [9.17, 15) is 14.4 Å². The van der Waals surface area contributed by atoms with Crippen LogP contribution in [0.25, 0.3) is 0 Å². The first-order valence-corrected chi connectivity index (χ1v) is 5.81. The van der Waals surface area contributed by atoms with Gasteiger partial charge in [0, 0.05) is 25.5 Å². The first-order chi connectivity index (χ1) is 8.15. The van der Waals surface area contributed by atoms with Gasteiger partial charge >= 0.3 is 5.97 Å². The van der Waals surface area contributed by atoms with Gasteiger partial charge < -0.3 is 4.74 Å². The summed E-state index contributed by atoms with van der Waals surface area (Å²) < 4.78 is 4.70. The molecular formula is C12H17NO4. The smallest absolute Gasteiger partial charge is 0.330 e. The number of piperidine rings is 1. The maximum absolute atomic E-state index is 11.4. The molecule has 0 aromatic carbocycles. The molecule has 0 bridgehead atoms. The molecule has 0 radical (unpaired) electrons. The van der Waals surface area contributed by atoms with Crippen LogP contribution in [0.1, 0.15) is 32.6 Å². The minimum Gasteiger partial charge on any atom is -0.463 e. The second-order valence-corrected chi connectivity index (χ2v) is 3.74. The number of likely N-dealkylation sites (tertiary alicyclic amines) is 1. The largest absolute Gasteiger partial charge is 0.463 e. The molecule has 5 nitrogen and oxygen atoms in total. The van der Waals surface area contributed by atoms with E-state index in [0.717, 1.165) is 0 Å². The molecule has 0 aromatic heterocycles. The molecule has 17 heavy (non-hydrogen) atoms. The third kappa shape index (κ3) is 4.38. The number of esters is 1. The number of carbonyl (C=O) groups excluding carboxylic acids is 3. The molecule has 0 atom stereocenters. The maximum Gasteiger partial charge on any atom is 0.330 e. The van der Waals surface area contributed by atoms with Crippen molar-refractivity contribution in [3.8, 4) is 0 Å². The van der Waals surface area contributed by atoms with E-state index < -0.39 is 5.97 Å². The van der Waals surface area contributed by atoms with Crippen LogP contribution in [0.3, 0.4) is 0 Å². The van der Waals surface area contributed by atoms with Gasteiger partial charge in [0.15, 0.2) is 0 Å². The van der Waals surface area contributed by atoms with Crippen molar-refractivity contribution in [3.05, 3.63) is 12.2 Å². The minimum atomic E-state index is -0.399. The molecule has 2 amide bonds. The molecule has 1 saturated heterocycles. The van der Waals surface area contributed by atoms with Gasteiger partial charge in [-0.3, -0.25) is 14.5 Å². The zero-order valence-electron chi connectivity index (χ0n) is 9.98. The van der Waals surface area contributed by atoms with Crippen molar-refractivity contribution < 1.29 is 19.1 Å². The third-order valence-corrected chi connectivity index (χ3v) is 2.44. The minimum absolute atomic E-state index is 0.120. The molecule has 1 aliphatic rings. The normalized spacial score (nSPS) is 16.6. The molecule has 0 N–H and O–H groups in total. The van der Waals surface area contributed by atoms with E-state index in [1.54, 1.807) is 13.0 Å². The zero-order chi connectivity index (χ0) is 12.7. The van der Waals surface area contributed by atoms with Crippen LogP contribution < -0.4 is 0 Å². The lowest BCUT2D eigenvalue weighted by molar-refractivity contribution is -0.147. The highest BCUT2D eigenvalue weighted by Gasteiger charge is 2.24. The van der Waals surface area contributed by atoms with Crippen LogP contribution in [0.5, 0.6) is 0 Å². The lowest BCUT2D eigenvalue weighted by Gasteiger charge is -2.24. The third-order valence-electron chi connectivity index (χ3n) is 2.44. The molecule has 0 aromatic rings. The lowest BCUT2D eigenvalue weighted by atomic mass is 10.1. The first-order valence-electron chi connectivity index (χ1n) is 5.81. The number of nitrogens with zero attached hydrogens (tertiary/aromatic N) is 1. The Morgan fingerprint density at radius 1 is 1.35 bits per heavy atom. The Hall–Kier alpha value is -1.65. The van der Waals surface area contributed by atoms with Gasteiger partial charge in [-0.2, -0.15) is 0 Å². The number of hydrogen-bond donors (Lipinski definition) is 0. The van der Waals surface area contributed by atoms with Gasteiger partial charge in [0.25, 0.3) is 0 Å². The molecule has 1 heterocycles. The summed E-state index contributed by atoms with van der Waals surface area (Å²) >= 11 is 0. The van der Waals surface area contributed by atoms with Gasteiger partial charge in [0.1, 0.15) is 0 Å². The highest BCUT2D eigenvalue weighted by Crippen LogP contribution is 2.12. The highest BCUT2D eigenvalue weighted by atomic mass is 16.5. The Bertz CT molecular complexity index is 319. The average molecular weight is 239 g/mol. The Balaban J connectivity index is 2.32. The fourth-order valence-corrected chi connectivity index (χ4v) is 1.62. The average Bonchev–Trinajstić information content (AvgIpc) is 2.28. The molecule has 1 aliphatic heterocycles. The molecular weight excluding hydrogens is 222 g/mol. The summed E-state index contributed by atoms with van der Waals surface area (Å²) in [5.74, 6) is -0.639. The van der Waals surface area contributed by atoms with E-state index >= 15 is 0 Å². The summed E-state index contributed by atoms with van der Waals surface area (Å²) in [6, 6.07) is 0. The Morgan fingerprint density at radius 3 is 2.59 bits per heavy atom. The molecule has 0 aliphatic carbocycles. The predicted octanol–water partition coefficient (Wildman–Crippen LogP) is 1.03. The van der Waals surface area contributed by atoms with Crippen molar-refractivity contribution in [2.24, 2.45) is 0 Å². The SMILES string of the molecule is CCOC(=O)/C=C/CCN1C(=O)CCCC1=O. The number of imide groups is 1. The fourth-order valence-electron chi connectivity index (χ4n) is 1.62. The summed E-state index contributed by atoms with van der Waals surface area (Å²) in [5, 5.41) is 0. The van der Waals surface area contributed by atoms with E-state index in [4.69, 9.17) is 4.74 Å². The second kappa shape index (κ2) is 6.83. The highest BCUT2D eigenvalue weighted by molar-refractivity contribution is 5.97. The molecule has 94 valence electrons. The molecule has 0 spiro atoms. The summed E-state index contributed by atoms with van der Waals surface area (Å²) in [7, 11) is 0. The van der Waals surface area contributed by atoms with Crippen LogP contribution in [0.15, 0.2) is 12.2 Å². The Kier molecular flexibility index (Phi) is 5.39. The number of amides is 2. The van der Waals surface area contributed by atoms with Crippen molar-refractivity contribution in [3.63, 3.8) is 0 Å². The van der Waals surface area contributed by atoms with Crippen molar-refractivity contribution in [1.82, 2.24) is 4.90 Å². The maximum atomic E-state index is 11.4. The summed E-state index contributed by atoms with van der Waals surface area (Å²) in [6.07, 6.45) is 4.94. The van der Waals surface area contributed by atoms with Crippen LogP contribution >= 0.6 is 0 Å². The van der Waals surface area contributed by atoms with Crippen LogP contribution in [0.2, 0.25) is 0 Å². The molecule has 1 fully saturated rings. The van der Waals surface area contributed by atoms with Gasteiger partial charge in [0.05, 0.1) is 6.61 Å². The molecule has 1 rings (SSSR count). The van der Waals surface area contributed by atoms with Crippen molar-refractivity contribution in [1.29, 1.82) is 0 Å². The summed E-state index contributed by atoms with van der Waals surface area (Å²) in [6.45, 7) is 2.41. The second-order valence-electron chi connectivity index (χ2n) is 3.74. The Labute approximate surface area is 100 Å². The standard InChI is InChI=1S/C12H17NO4/c1-2-17-12(16)8-3-4-9-13-10(14)6-5-7-11(13)15/h3,8H,2,4-7,9H2,1H3/b8-3+. The molecule has 0 saturated carbocycles. The van der Waals surface area contributed by atoms with E-state index in [2.05, 4.69) is 0 Å². The fraction of sp³-hybridized carbons (Fsp3) is 0.583. The van der Waals surface area contributed by atoms with Crippen LogP contribution in [0.4, 0.5) is 0 Å². The van der Waals surface area contributed by atoms with Crippen molar-refractivity contribution in [2.45, 2.75) is 32.6 Å². The topological polar surface area (TPSA) is 63.7 Å². The van der Waals surface area contributed by atoms with E-state index in [1.165, 1.54) is 11.0 Å². The van der Waals surface area contributed by atoms with Gasteiger partial charge in [-0.25, -0.2) is 4.79 Å². The molecule has 0 unspecified atom stereocenters. The summed E-state index contributed by atoms with van der Waals surface area (Å²) in [4.78, 5) is 35.1. The number of hydrogen-bond acceptors (Lipinski definition) is 4. The predicted molar refractivity (Wildman–Crippen MR) is 61.0 cm³/mol. The zero-order valence-corrected chi connectivity index (χ0v) is 9.98. The van der Waals surface area contributed by atoms with Gasteiger partial charge in [-0.1, -0.05) is 6.08 Å². The monoisotopic (exact) mass is 239 g/mol. The molecule has 5 heteroatoms. The lowest BCUT2D eigenvalue weighted by Crippen LogP contribution is -2.40. The Morgan fingerprint density at radius 2 is 2.00 bits per heavy atom. The van der Waals surface area contributed by atoms with E-state index in [-0.39, 0.29) is 11.8 Å². The van der Waals surface area contributed by atoms with Gasteiger partial charge in [-0.05, 0) is 19.8 Å². The van der Waals surface area contributed by atoms with E-state index in [0.29, 0.717) is 38.8 Å².